The van der Waals surface area contributed by atoms with E-state index in [0.717, 1.165) is 11.3 Å². The molecule has 1 aliphatic heterocycles. The van der Waals surface area contributed by atoms with Gasteiger partial charge in [-0.15, -0.1) is 0 Å². The highest BCUT2D eigenvalue weighted by atomic mass is 16.5. The number of amides is 2. The van der Waals surface area contributed by atoms with Crippen LogP contribution in [0.15, 0.2) is 42.5 Å². The van der Waals surface area contributed by atoms with Crippen LogP contribution in [0.2, 0.25) is 0 Å². The van der Waals surface area contributed by atoms with E-state index in [4.69, 9.17) is 9.47 Å². The second-order valence-electron chi connectivity index (χ2n) is 6.65. The maximum absolute atomic E-state index is 13.0. The second kappa shape index (κ2) is 8.12. The molecular formula is C21H22N2O5. The molecule has 0 unspecified atom stereocenters. The van der Waals surface area contributed by atoms with Gasteiger partial charge in [0.2, 0.25) is 0 Å². The van der Waals surface area contributed by atoms with Gasteiger partial charge in [0.25, 0.3) is 11.8 Å². The zero-order valence-electron chi connectivity index (χ0n) is 16.1. The highest BCUT2D eigenvalue weighted by Gasteiger charge is 2.26. The number of rotatable bonds is 5. The largest absolute Gasteiger partial charge is 0.484 e. The van der Waals surface area contributed by atoms with Gasteiger partial charge in [0.15, 0.2) is 6.61 Å². The van der Waals surface area contributed by atoms with E-state index in [1.54, 1.807) is 61.5 Å². The van der Waals surface area contributed by atoms with Crippen LogP contribution in [0, 0.1) is 0 Å². The topological polar surface area (TPSA) is 76.1 Å². The molecule has 0 saturated carbocycles. The molecule has 0 saturated heterocycles. The minimum Gasteiger partial charge on any atom is -0.484 e. The van der Waals surface area contributed by atoms with Gasteiger partial charge in [-0.05, 0) is 48.4 Å². The van der Waals surface area contributed by atoms with Gasteiger partial charge in [0.1, 0.15) is 5.75 Å². The number of methoxy groups -OCH3 is 1. The van der Waals surface area contributed by atoms with Crippen molar-refractivity contribution < 1.29 is 23.9 Å². The summed E-state index contributed by atoms with van der Waals surface area (Å²) in [4.78, 5) is 39.5. The maximum Gasteiger partial charge on any atom is 0.337 e. The molecule has 1 aliphatic rings. The van der Waals surface area contributed by atoms with Crippen LogP contribution in [0.25, 0.3) is 0 Å². The fourth-order valence-electron chi connectivity index (χ4n) is 3.01. The lowest BCUT2D eigenvalue weighted by atomic mass is 10.1. The molecule has 0 atom stereocenters. The average molecular weight is 382 g/mol. The number of ether oxygens (including phenoxy) is 2. The third-order valence-electron chi connectivity index (χ3n) is 4.58. The minimum atomic E-state index is -0.398. The van der Waals surface area contributed by atoms with Gasteiger partial charge in [-0.1, -0.05) is 6.07 Å². The van der Waals surface area contributed by atoms with Gasteiger partial charge in [-0.2, -0.15) is 0 Å². The summed E-state index contributed by atoms with van der Waals surface area (Å²) in [5.41, 5.74) is 2.66. The highest BCUT2D eigenvalue weighted by molar-refractivity contribution is 6.07. The first-order valence-corrected chi connectivity index (χ1v) is 8.87. The van der Waals surface area contributed by atoms with E-state index in [2.05, 4.69) is 0 Å². The van der Waals surface area contributed by atoms with Crippen molar-refractivity contribution >= 4 is 23.5 Å². The third kappa shape index (κ3) is 3.98. The number of esters is 1. The minimum absolute atomic E-state index is 0.0898. The molecule has 0 radical (unpaired) electrons. The molecule has 2 aromatic carbocycles. The zero-order valence-corrected chi connectivity index (χ0v) is 16.1. The van der Waals surface area contributed by atoms with Gasteiger partial charge in [-0.3, -0.25) is 9.59 Å². The van der Waals surface area contributed by atoms with Crippen LogP contribution >= 0.6 is 0 Å². The Morgan fingerprint density at radius 1 is 1.07 bits per heavy atom. The number of nitrogens with zero attached hydrogens (tertiary/aromatic N) is 2. The predicted molar refractivity (Wildman–Crippen MR) is 104 cm³/mol. The Labute approximate surface area is 163 Å². The first kappa shape index (κ1) is 19.4. The van der Waals surface area contributed by atoms with Crippen LogP contribution in [0.4, 0.5) is 5.69 Å². The van der Waals surface area contributed by atoms with Crippen LogP contribution in [-0.2, 0) is 16.0 Å². The van der Waals surface area contributed by atoms with Crippen LogP contribution < -0.4 is 9.64 Å². The van der Waals surface area contributed by atoms with Crippen molar-refractivity contribution in [3.8, 4) is 5.75 Å². The Bertz CT molecular complexity index is 923. The standard InChI is InChI=1S/C21H22N2O5/c1-22(2)19(24)13-28-17-6-4-5-15(12-17)20(25)23-10-9-14-11-16(21(26)27-3)7-8-18(14)23/h4-8,11-12H,9-10,13H2,1-3H3. The van der Waals surface area contributed by atoms with Crippen molar-refractivity contribution in [3.05, 3.63) is 59.2 Å². The summed E-state index contributed by atoms with van der Waals surface area (Å²) in [6.07, 6.45) is 0.666. The van der Waals surface area contributed by atoms with Gasteiger partial charge in [0.05, 0.1) is 12.7 Å². The van der Waals surface area contributed by atoms with E-state index in [9.17, 15) is 14.4 Å². The molecule has 0 aromatic heterocycles. The molecule has 0 N–H and O–H groups in total. The van der Waals surface area contributed by atoms with Crippen LogP contribution in [0.5, 0.6) is 5.75 Å². The molecule has 3 rings (SSSR count). The van der Waals surface area contributed by atoms with E-state index in [1.165, 1.54) is 12.0 Å². The first-order chi connectivity index (χ1) is 13.4. The summed E-state index contributed by atoms with van der Waals surface area (Å²) in [6.45, 7) is 0.441. The fraction of sp³-hybridized carbons (Fsp3) is 0.286. The van der Waals surface area contributed by atoms with E-state index in [-0.39, 0.29) is 18.4 Å². The molecule has 7 nitrogen and oxygen atoms in total. The molecule has 2 aromatic rings. The van der Waals surface area contributed by atoms with Crippen LogP contribution in [-0.4, -0.2) is 57.0 Å². The molecule has 0 spiro atoms. The Morgan fingerprint density at radius 3 is 2.57 bits per heavy atom. The average Bonchev–Trinajstić information content (AvgIpc) is 3.14. The Kier molecular flexibility index (Phi) is 5.63. The lowest BCUT2D eigenvalue weighted by Gasteiger charge is -2.18. The Hall–Kier alpha value is -3.35. The highest BCUT2D eigenvalue weighted by Crippen LogP contribution is 2.31. The predicted octanol–water partition coefficient (Wildman–Crippen LogP) is 2.14. The molecule has 28 heavy (non-hydrogen) atoms. The number of hydrogen-bond acceptors (Lipinski definition) is 5. The Morgan fingerprint density at radius 2 is 1.86 bits per heavy atom. The van der Waals surface area contributed by atoms with E-state index in [1.807, 2.05) is 0 Å². The third-order valence-corrected chi connectivity index (χ3v) is 4.58. The SMILES string of the molecule is COC(=O)c1ccc2c(c1)CCN2C(=O)c1cccc(OCC(=O)N(C)C)c1. The monoisotopic (exact) mass is 382 g/mol. The van der Waals surface area contributed by atoms with Crippen molar-refractivity contribution in [2.75, 3.05) is 39.3 Å². The normalized spacial score (nSPS) is 12.3. The van der Waals surface area contributed by atoms with Crippen LogP contribution in [0.3, 0.4) is 0 Å². The molecule has 1 heterocycles. The van der Waals surface area contributed by atoms with Crippen LogP contribution in [0.1, 0.15) is 26.3 Å². The van der Waals surface area contributed by atoms with E-state index < -0.39 is 5.97 Å². The zero-order chi connectivity index (χ0) is 20.3. The molecular weight excluding hydrogens is 360 g/mol. The van der Waals surface area contributed by atoms with E-state index >= 15 is 0 Å². The summed E-state index contributed by atoms with van der Waals surface area (Å²) in [5.74, 6) is -0.258. The number of likely N-dealkylation sites (N-methyl/N-ethyl adjacent to an activating group) is 1. The van der Waals surface area contributed by atoms with E-state index in [0.29, 0.717) is 29.8 Å². The summed E-state index contributed by atoms with van der Waals surface area (Å²) in [7, 11) is 4.65. The molecule has 146 valence electrons. The Balaban J connectivity index is 1.76. The quantitative estimate of drug-likeness (QED) is 0.741. The summed E-state index contributed by atoms with van der Waals surface area (Å²) >= 11 is 0. The smallest absolute Gasteiger partial charge is 0.337 e. The number of carbonyl (C=O) groups excluding carboxylic acids is 3. The number of hydrogen-bond donors (Lipinski definition) is 0. The van der Waals surface area contributed by atoms with Gasteiger partial charge >= 0.3 is 5.97 Å². The lowest BCUT2D eigenvalue weighted by Crippen LogP contribution is -2.29. The van der Waals surface area contributed by atoms with Crippen molar-refractivity contribution in [1.29, 1.82) is 0 Å². The van der Waals surface area contributed by atoms with Gasteiger partial charge in [0, 0.05) is 31.9 Å². The fourth-order valence-corrected chi connectivity index (χ4v) is 3.01. The lowest BCUT2D eigenvalue weighted by molar-refractivity contribution is -0.130. The second-order valence-corrected chi connectivity index (χ2v) is 6.65. The summed E-state index contributed by atoms with van der Waals surface area (Å²) < 4.78 is 10.2. The van der Waals surface area contributed by atoms with Crippen molar-refractivity contribution in [2.24, 2.45) is 0 Å². The van der Waals surface area contributed by atoms with Gasteiger partial charge in [-0.25, -0.2) is 4.79 Å². The van der Waals surface area contributed by atoms with Gasteiger partial charge < -0.3 is 19.3 Å². The summed E-state index contributed by atoms with van der Waals surface area (Å²) in [5, 5.41) is 0. The van der Waals surface area contributed by atoms with Crippen molar-refractivity contribution in [3.63, 3.8) is 0 Å². The first-order valence-electron chi connectivity index (χ1n) is 8.87. The van der Waals surface area contributed by atoms with Crippen molar-refractivity contribution in [2.45, 2.75) is 6.42 Å². The number of fused-ring (bicyclic) bond motifs is 1. The number of benzene rings is 2. The molecule has 7 heteroatoms. The molecule has 0 bridgehead atoms. The van der Waals surface area contributed by atoms with Crippen molar-refractivity contribution in [1.82, 2.24) is 4.90 Å². The molecule has 2 amide bonds. The number of carbonyl (C=O) groups is 3. The molecule has 0 aliphatic carbocycles. The number of anilines is 1. The maximum atomic E-state index is 13.0. The molecule has 0 fully saturated rings. The summed E-state index contributed by atoms with van der Waals surface area (Å²) in [6, 6.07) is 12.0.